The minimum Gasteiger partial charge on any atom is -0.325 e. The number of hydrogen-bond acceptors (Lipinski definition) is 5. The van der Waals surface area contributed by atoms with Crippen molar-refractivity contribution < 1.29 is 19.2 Å². The Kier molecular flexibility index (Phi) is 6.10. The molecule has 3 fully saturated rings. The minimum atomic E-state index is -1.54. The lowest BCUT2D eigenvalue weighted by Crippen LogP contribution is -2.70. The first-order valence-corrected chi connectivity index (χ1v) is 13.0. The number of amides is 4. The van der Waals surface area contributed by atoms with Crippen LogP contribution in [-0.2, 0) is 32.1 Å². The maximum absolute atomic E-state index is 14.6. The van der Waals surface area contributed by atoms with Crippen LogP contribution in [0.4, 0.5) is 0 Å². The van der Waals surface area contributed by atoms with Gasteiger partial charge in [-0.3, -0.25) is 29.1 Å². The summed E-state index contributed by atoms with van der Waals surface area (Å²) in [5.41, 5.74) is 0.805. The first-order chi connectivity index (χ1) is 18.9. The molecular weight excluding hydrogens is 492 g/mol. The smallest absolute Gasteiger partial charge is 0.250 e. The highest BCUT2D eigenvalue weighted by Gasteiger charge is 2.73. The summed E-state index contributed by atoms with van der Waals surface area (Å²) in [6.07, 6.45) is 5.43. The Morgan fingerprint density at radius 3 is 2.28 bits per heavy atom. The molecule has 0 saturated carbocycles. The molecule has 3 aliphatic heterocycles. The highest BCUT2D eigenvalue weighted by atomic mass is 16.2. The fourth-order valence-electron chi connectivity index (χ4n) is 6.44. The topological polar surface area (TPSA) is 90.9 Å². The Labute approximate surface area is 226 Å². The largest absolute Gasteiger partial charge is 0.325 e. The van der Waals surface area contributed by atoms with Crippen LogP contribution in [0.2, 0.25) is 0 Å². The summed E-state index contributed by atoms with van der Waals surface area (Å²) in [6.45, 7) is -0.0189. The molecular formula is C31H28N4O4. The van der Waals surface area contributed by atoms with E-state index < -0.39 is 29.3 Å². The van der Waals surface area contributed by atoms with Gasteiger partial charge in [0.2, 0.25) is 17.7 Å². The summed E-state index contributed by atoms with van der Waals surface area (Å²) >= 11 is 0. The number of imide groups is 1. The zero-order chi connectivity index (χ0) is 27.1. The molecule has 4 atom stereocenters. The number of aromatic nitrogens is 1. The summed E-state index contributed by atoms with van der Waals surface area (Å²) < 4.78 is 0. The van der Waals surface area contributed by atoms with Gasteiger partial charge in [0.15, 0.2) is 0 Å². The van der Waals surface area contributed by atoms with E-state index in [2.05, 4.69) is 4.98 Å². The molecule has 0 spiro atoms. The SMILES string of the molecule is CN1C(=O)C2C(C=Cc3ccccc3)N3C(=O)CN(Cc4ccccn4)C(=O)[C@@]3(Cc3ccccc3)C2C1=O. The van der Waals surface area contributed by atoms with E-state index in [1.165, 1.54) is 11.9 Å². The molecule has 4 heterocycles. The first-order valence-electron chi connectivity index (χ1n) is 13.0. The molecule has 2 aromatic carbocycles. The molecule has 3 unspecified atom stereocenters. The Balaban J connectivity index is 1.51. The van der Waals surface area contributed by atoms with Gasteiger partial charge in [0.1, 0.15) is 12.1 Å². The zero-order valence-corrected chi connectivity index (χ0v) is 21.5. The van der Waals surface area contributed by atoms with Crippen LogP contribution in [0.25, 0.3) is 6.08 Å². The van der Waals surface area contributed by atoms with E-state index in [1.807, 2.05) is 78.9 Å². The Hall–Kier alpha value is -4.59. The number of carbonyl (C=O) groups excluding carboxylic acids is 4. The molecule has 0 aliphatic carbocycles. The number of piperazine rings is 1. The van der Waals surface area contributed by atoms with Gasteiger partial charge in [0.05, 0.1) is 30.1 Å². The molecule has 3 aliphatic rings. The predicted octanol–water partition coefficient (Wildman–Crippen LogP) is 2.56. The second kappa shape index (κ2) is 9.62. The highest BCUT2D eigenvalue weighted by molar-refractivity contribution is 6.13. The summed E-state index contributed by atoms with van der Waals surface area (Å²) in [5, 5.41) is 0. The lowest BCUT2D eigenvalue weighted by molar-refractivity contribution is -0.168. The number of hydrogen-bond donors (Lipinski definition) is 0. The van der Waals surface area contributed by atoms with E-state index in [4.69, 9.17) is 0 Å². The second-order valence-corrected chi connectivity index (χ2v) is 10.3. The van der Waals surface area contributed by atoms with Crippen LogP contribution in [0, 0.1) is 11.8 Å². The monoisotopic (exact) mass is 520 g/mol. The van der Waals surface area contributed by atoms with Crippen molar-refractivity contribution in [2.75, 3.05) is 13.6 Å². The predicted molar refractivity (Wildman–Crippen MR) is 143 cm³/mol. The molecule has 1 aromatic heterocycles. The molecule has 8 nitrogen and oxygen atoms in total. The van der Waals surface area contributed by atoms with E-state index in [0.717, 1.165) is 16.0 Å². The van der Waals surface area contributed by atoms with Crippen molar-refractivity contribution in [1.29, 1.82) is 0 Å². The molecule has 0 bridgehead atoms. The van der Waals surface area contributed by atoms with Gasteiger partial charge in [-0.2, -0.15) is 0 Å². The molecule has 3 aromatic rings. The van der Waals surface area contributed by atoms with E-state index in [0.29, 0.717) is 5.69 Å². The Morgan fingerprint density at radius 2 is 1.59 bits per heavy atom. The van der Waals surface area contributed by atoms with Crippen LogP contribution < -0.4 is 0 Å². The van der Waals surface area contributed by atoms with E-state index in [9.17, 15) is 19.2 Å². The van der Waals surface area contributed by atoms with Gasteiger partial charge in [-0.05, 0) is 23.3 Å². The van der Waals surface area contributed by atoms with Gasteiger partial charge >= 0.3 is 0 Å². The maximum Gasteiger partial charge on any atom is 0.250 e. The number of nitrogens with zero attached hydrogens (tertiary/aromatic N) is 4. The number of pyridine rings is 1. The van der Waals surface area contributed by atoms with E-state index >= 15 is 0 Å². The quantitative estimate of drug-likeness (QED) is 0.466. The third-order valence-electron chi connectivity index (χ3n) is 8.12. The average Bonchev–Trinajstić information content (AvgIpc) is 3.38. The van der Waals surface area contributed by atoms with Crippen LogP contribution in [0.1, 0.15) is 16.8 Å². The van der Waals surface area contributed by atoms with Crippen LogP contribution in [0.15, 0.2) is 91.1 Å². The standard InChI is InChI=1S/C31H28N4O4/c1-33-28(37)26-24(16-15-21-10-4-2-5-11-21)35-25(36)20-34(19-23-14-8-9-17-32-23)30(39)31(35,27(26)29(33)38)18-22-12-6-3-7-13-22/h2-17,24,26-27H,18-20H2,1H3/t24?,26?,27?,31-/m1/s1. The van der Waals surface area contributed by atoms with E-state index in [1.54, 1.807) is 23.2 Å². The fourth-order valence-corrected chi connectivity index (χ4v) is 6.44. The lowest BCUT2D eigenvalue weighted by Gasteiger charge is -2.48. The van der Waals surface area contributed by atoms with Crippen molar-refractivity contribution in [1.82, 2.24) is 19.7 Å². The molecule has 0 N–H and O–H groups in total. The molecule has 8 heteroatoms. The number of rotatable bonds is 6. The summed E-state index contributed by atoms with van der Waals surface area (Å²) in [7, 11) is 1.46. The zero-order valence-electron chi connectivity index (χ0n) is 21.5. The molecule has 4 amide bonds. The van der Waals surface area contributed by atoms with Crippen molar-refractivity contribution in [3.63, 3.8) is 0 Å². The maximum atomic E-state index is 14.6. The molecule has 196 valence electrons. The lowest BCUT2D eigenvalue weighted by atomic mass is 9.74. The Morgan fingerprint density at radius 1 is 0.897 bits per heavy atom. The van der Waals surface area contributed by atoms with Gasteiger partial charge in [0, 0.05) is 19.7 Å². The molecule has 3 saturated heterocycles. The third-order valence-corrected chi connectivity index (χ3v) is 8.12. The highest BCUT2D eigenvalue weighted by Crippen LogP contribution is 2.53. The Bertz CT molecular complexity index is 1460. The average molecular weight is 521 g/mol. The molecule has 39 heavy (non-hydrogen) atoms. The normalized spacial score (nSPS) is 26.5. The minimum absolute atomic E-state index is 0.126. The number of benzene rings is 2. The van der Waals surface area contributed by atoms with Crippen molar-refractivity contribution in [2.24, 2.45) is 11.8 Å². The van der Waals surface area contributed by atoms with Crippen molar-refractivity contribution in [2.45, 2.75) is 24.5 Å². The van der Waals surface area contributed by atoms with Gasteiger partial charge in [-0.25, -0.2) is 0 Å². The van der Waals surface area contributed by atoms with Crippen molar-refractivity contribution in [3.8, 4) is 0 Å². The summed E-state index contributed by atoms with van der Waals surface area (Å²) in [4.78, 5) is 64.4. The van der Waals surface area contributed by atoms with Gasteiger partial charge in [0.25, 0.3) is 5.91 Å². The summed E-state index contributed by atoms with van der Waals surface area (Å²) in [6, 6.07) is 23.6. The van der Waals surface area contributed by atoms with Gasteiger partial charge < -0.3 is 9.80 Å². The molecule has 0 radical (unpaired) electrons. The fraction of sp³-hybridized carbons (Fsp3) is 0.258. The van der Waals surface area contributed by atoms with Crippen molar-refractivity contribution in [3.05, 3.63) is 108 Å². The van der Waals surface area contributed by atoms with Gasteiger partial charge in [-0.15, -0.1) is 0 Å². The van der Waals surface area contributed by atoms with Crippen LogP contribution in [0.3, 0.4) is 0 Å². The van der Waals surface area contributed by atoms with Crippen LogP contribution in [0.5, 0.6) is 0 Å². The first kappa shape index (κ1) is 24.7. The number of likely N-dealkylation sites (tertiary alicyclic amines) is 1. The summed E-state index contributed by atoms with van der Waals surface area (Å²) in [5.74, 6) is -3.27. The van der Waals surface area contributed by atoms with Crippen LogP contribution in [-0.4, -0.2) is 68.5 Å². The second-order valence-electron chi connectivity index (χ2n) is 10.3. The van der Waals surface area contributed by atoms with Crippen LogP contribution >= 0.6 is 0 Å². The molecule has 6 rings (SSSR count). The number of carbonyl (C=O) groups is 4. The van der Waals surface area contributed by atoms with Gasteiger partial charge in [-0.1, -0.05) is 78.9 Å². The van der Waals surface area contributed by atoms with E-state index in [-0.39, 0.29) is 37.2 Å². The third kappa shape index (κ3) is 3.94. The van der Waals surface area contributed by atoms with Crippen molar-refractivity contribution >= 4 is 29.7 Å². The number of fused-ring (bicyclic) bond motifs is 3.